The minimum absolute atomic E-state index is 0.173. The second kappa shape index (κ2) is 7.58. The first-order valence-corrected chi connectivity index (χ1v) is 8.41. The van der Waals surface area contributed by atoms with Gasteiger partial charge in [0.15, 0.2) is 0 Å². The maximum absolute atomic E-state index is 14.2. The number of thiophene rings is 1. The van der Waals surface area contributed by atoms with Crippen LogP contribution in [-0.2, 0) is 17.9 Å². The predicted octanol–water partition coefficient (Wildman–Crippen LogP) is 3.52. The lowest BCUT2D eigenvalue weighted by Gasteiger charge is -2.07. The summed E-state index contributed by atoms with van der Waals surface area (Å²) in [5.41, 5.74) is 1.44. The van der Waals surface area contributed by atoms with Crippen LogP contribution < -0.4 is 10.1 Å². The van der Waals surface area contributed by atoms with E-state index in [9.17, 15) is 9.18 Å². The number of hydrogen-bond acceptors (Lipinski definition) is 5. The molecule has 5 nitrogen and oxygen atoms in total. The van der Waals surface area contributed by atoms with Crippen LogP contribution in [0.5, 0.6) is 5.88 Å². The molecule has 0 atom stereocenters. The fourth-order valence-corrected chi connectivity index (χ4v) is 3.71. The van der Waals surface area contributed by atoms with Crippen LogP contribution in [0.2, 0.25) is 0 Å². The molecule has 1 amide bonds. The van der Waals surface area contributed by atoms with Crippen molar-refractivity contribution in [3.8, 4) is 5.88 Å². The molecule has 0 saturated carbocycles. The number of carbonyl (C=O) groups excluding carboxylic acids is 1. The largest absolute Gasteiger partial charge is 0.481 e. The van der Waals surface area contributed by atoms with Crippen LogP contribution in [-0.4, -0.2) is 25.1 Å². The highest BCUT2D eigenvalue weighted by molar-refractivity contribution is 7.21. The maximum atomic E-state index is 14.2. The van der Waals surface area contributed by atoms with Gasteiger partial charge in [-0.25, -0.2) is 9.37 Å². The summed E-state index contributed by atoms with van der Waals surface area (Å²) in [7, 11) is 3.06. The Morgan fingerprint density at radius 3 is 2.92 bits per heavy atom. The van der Waals surface area contributed by atoms with Crippen molar-refractivity contribution < 1.29 is 18.7 Å². The van der Waals surface area contributed by atoms with Crippen molar-refractivity contribution in [3.63, 3.8) is 0 Å². The Kier molecular flexibility index (Phi) is 5.25. The van der Waals surface area contributed by atoms with Crippen LogP contribution in [0.1, 0.15) is 20.8 Å². The fourth-order valence-electron chi connectivity index (χ4n) is 2.57. The zero-order valence-electron chi connectivity index (χ0n) is 13.8. The van der Waals surface area contributed by atoms with Crippen LogP contribution in [0.25, 0.3) is 10.1 Å². The van der Waals surface area contributed by atoms with Crippen LogP contribution in [0, 0.1) is 5.82 Å². The van der Waals surface area contributed by atoms with E-state index in [0.29, 0.717) is 28.3 Å². The quantitative estimate of drug-likeness (QED) is 0.731. The number of nitrogens with one attached hydrogen (secondary N) is 1. The molecule has 1 aromatic carbocycles. The van der Waals surface area contributed by atoms with Gasteiger partial charge in [-0.15, -0.1) is 11.3 Å². The van der Waals surface area contributed by atoms with Gasteiger partial charge in [0.25, 0.3) is 5.91 Å². The minimum Gasteiger partial charge on any atom is -0.481 e. The summed E-state index contributed by atoms with van der Waals surface area (Å²) in [5, 5.41) is 3.31. The van der Waals surface area contributed by atoms with E-state index in [1.807, 2.05) is 0 Å². The van der Waals surface area contributed by atoms with E-state index in [4.69, 9.17) is 9.47 Å². The summed E-state index contributed by atoms with van der Waals surface area (Å²) in [6.45, 7) is 0.494. The highest BCUT2D eigenvalue weighted by Gasteiger charge is 2.20. The highest BCUT2D eigenvalue weighted by atomic mass is 32.1. The van der Waals surface area contributed by atoms with Gasteiger partial charge in [0.1, 0.15) is 5.82 Å². The van der Waals surface area contributed by atoms with Gasteiger partial charge in [0, 0.05) is 41.6 Å². The zero-order valence-corrected chi connectivity index (χ0v) is 14.7. The first-order chi connectivity index (χ1) is 12.1. The average Bonchev–Trinajstić information content (AvgIpc) is 3.00. The Morgan fingerprint density at radius 2 is 2.16 bits per heavy atom. The molecule has 25 heavy (non-hydrogen) atoms. The molecule has 0 fully saturated rings. The number of methoxy groups -OCH3 is 2. The molecule has 0 aliphatic heterocycles. The summed E-state index contributed by atoms with van der Waals surface area (Å²) < 4.78 is 25.1. The Morgan fingerprint density at radius 1 is 1.32 bits per heavy atom. The molecule has 0 aliphatic carbocycles. The molecule has 130 valence electrons. The minimum atomic E-state index is -0.348. The number of halogens is 1. The number of ether oxygens (including phenoxy) is 2. The van der Waals surface area contributed by atoms with Gasteiger partial charge in [-0.3, -0.25) is 4.79 Å². The SMILES string of the molecule is COCc1c(C(=O)NCc2ccnc(OC)c2)sc2cccc(F)c12. The van der Waals surface area contributed by atoms with Gasteiger partial charge in [0.05, 0.1) is 18.6 Å². The predicted molar refractivity (Wildman–Crippen MR) is 94.5 cm³/mol. The van der Waals surface area contributed by atoms with Crippen LogP contribution >= 0.6 is 11.3 Å². The summed E-state index contributed by atoms with van der Waals surface area (Å²) in [4.78, 5) is 17.1. The number of carbonyl (C=O) groups is 1. The molecule has 0 saturated heterocycles. The van der Waals surface area contributed by atoms with Crippen molar-refractivity contribution in [2.45, 2.75) is 13.2 Å². The van der Waals surface area contributed by atoms with E-state index < -0.39 is 0 Å². The molecule has 7 heteroatoms. The standard InChI is InChI=1S/C18H17FN2O3S/c1-23-10-12-16-13(19)4-3-5-14(16)25-17(12)18(22)21-9-11-6-7-20-15(8-11)24-2/h3-8H,9-10H2,1-2H3,(H,21,22). The van der Waals surface area contributed by atoms with Crippen LogP contribution in [0.15, 0.2) is 36.5 Å². The normalized spacial score (nSPS) is 10.8. The van der Waals surface area contributed by atoms with Crippen molar-refractivity contribution >= 4 is 27.3 Å². The van der Waals surface area contributed by atoms with Crippen molar-refractivity contribution in [1.82, 2.24) is 10.3 Å². The molecule has 2 aromatic heterocycles. The molecule has 0 radical (unpaired) electrons. The molecule has 3 aromatic rings. The molecule has 0 bridgehead atoms. The van der Waals surface area contributed by atoms with Crippen molar-refractivity contribution in [1.29, 1.82) is 0 Å². The van der Waals surface area contributed by atoms with Gasteiger partial charge < -0.3 is 14.8 Å². The number of hydrogen-bond donors (Lipinski definition) is 1. The van der Waals surface area contributed by atoms with Gasteiger partial charge in [0.2, 0.25) is 5.88 Å². The maximum Gasteiger partial charge on any atom is 0.262 e. The van der Waals surface area contributed by atoms with Gasteiger partial charge in [-0.2, -0.15) is 0 Å². The van der Waals surface area contributed by atoms with E-state index in [0.717, 1.165) is 10.3 Å². The molecule has 3 rings (SSSR count). The third-order valence-corrected chi connectivity index (χ3v) is 4.92. The third kappa shape index (κ3) is 3.62. The summed E-state index contributed by atoms with van der Waals surface area (Å²) in [6.07, 6.45) is 1.62. The molecule has 2 heterocycles. The summed E-state index contributed by atoms with van der Waals surface area (Å²) in [5.74, 6) is -0.127. The number of amides is 1. The second-order valence-corrected chi connectivity index (χ2v) is 6.40. The van der Waals surface area contributed by atoms with E-state index >= 15 is 0 Å². The number of nitrogens with zero attached hydrogens (tertiary/aromatic N) is 1. The van der Waals surface area contributed by atoms with Gasteiger partial charge in [-0.05, 0) is 23.8 Å². The van der Waals surface area contributed by atoms with Gasteiger partial charge in [-0.1, -0.05) is 6.07 Å². The van der Waals surface area contributed by atoms with E-state index in [1.54, 1.807) is 30.5 Å². The lowest BCUT2D eigenvalue weighted by atomic mass is 10.1. The van der Waals surface area contributed by atoms with Crippen molar-refractivity contribution in [3.05, 3.63) is 58.3 Å². The number of aromatic nitrogens is 1. The summed E-state index contributed by atoms with van der Waals surface area (Å²) >= 11 is 1.26. The number of rotatable bonds is 6. The smallest absolute Gasteiger partial charge is 0.262 e. The third-order valence-electron chi connectivity index (χ3n) is 3.72. The van der Waals surface area contributed by atoms with Crippen molar-refractivity contribution in [2.75, 3.05) is 14.2 Å². The van der Waals surface area contributed by atoms with Crippen LogP contribution in [0.4, 0.5) is 4.39 Å². The molecular formula is C18H17FN2O3S. The first-order valence-electron chi connectivity index (χ1n) is 7.60. The monoisotopic (exact) mass is 360 g/mol. The van der Waals surface area contributed by atoms with E-state index in [-0.39, 0.29) is 18.3 Å². The number of fused-ring (bicyclic) bond motifs is 1. The highest BCUT2D eigenvalue weighted by Crippen LogP contribution is 2.33. The Hall–Kier alpha value is -2.51. The topological polar surface area (TPSA) is 60.5 Å². The Balaban J connectivity index is 1.86. The van der Waals surface area contributed by atoms with Crippen LogP contribution in [0.3, 0.4) is 0 Å². The van der Waals surface area contributed by atoms with Crippen molar-refractivity contribution in [2.24, 2.45) is 0 Å². The first kappa shape index (κ1) is 17.3. The van der Waals surface area contributed by atoms with E-state index in [2.05, 4.69) is 10.3 Å². The molecule has 0 unspecified atom stereocenters. The fraction of sp³-hybridized carbons (Fsp3) is 0.222. The Bertz CT molecular complexity index is 910. The average molecular weight is 360 g/mol. The molecular weight excluding hydrogens is 343 g/mol. The molecule has 1 N–H and O–H groups in total. The second-order valence-electron chi connectivity index (χ2n) is 5.34. The molecule has 0 aliphatic rings. The lowest BCUT2D eigenvalue weighted by molar-refractivity contribution is 0.0950. The lowest BCUT2D eigenvalue weighted by Crippen LogP contribution is -2.23. The molecule has 0 spiro atoms. The van der Waals surface area contributed by atoms with Gasteiger partial charge >= 0.3 is 0 Å². The zero-order chi connectivity index (χ0) is 17.8. The number of pyridine rings is 1. The van der Waals surface area contributed by atoms with E-state index in [1.165, 1.54) is 31.6 Å². The number of benzene rings is 1. The Labute approximate surface area is 148 Å². The summed E-state index contributed by atoms with van der Waals surface area (Å²) in [6, 6.07) is 8.37.